The smallest absolute Gasteiger partial charge is 0.222 e. The number of imidazole rings is 1. The summed E-state index contributed by atoms with van der Waals surface area (Å²) in [7, 11) is 0. The zero-order valence-corrected chi connectivity index (χ0v) is 13.2. The maximum absolute atomic E-state index is 12.4. The molecule has 21 heavy (non-hydrogen) atoms. The molecule has 2 aromatic heterocycles. The van der Waals surface area contributed by atoms with E-state index in [-0.39, 0.29) is 5.91 Å². The van der Waals surface area contributed by atoms with E-state index in [1.54, 1.807) is 11.3 Å². The van der Waals surface area contributed by atoms with Crippen LogP contribution < -0.4 is 0 Å². The summed E-state index contributed by atoms with van der Waals surface area (Å²) in [4.78, 5) is 18.7. The Labute approximate surface area is 129 Å². The van der Waals surface area contributed by atoms with Gasteiger partial charge in [-0.3, -0.25) is 4.79 Å². The van der Waals surface area contributed by atoms with Crippen molar-refractivity contribution in [1.29, 1.82) is 0 Å². The van der Waals surface area contributed by atoms with Crippen LogP contribution in [0.15, 0.2) is 29.2 Å². The average molecular weight is 303 g/mol. The van der Waals surface area contributed by atoms with E-state index in [4.69, 9.17) is 0 Å². The molecule has 3 rings (SSSR count). The third kappa shape index (κ3) is 3.35. The predicted molar refractivity (Wildman–Crippen MR) is 84.5 cm³/mol. The monoisotopic (exact) mass is 303 g/mol. The number of thiophene rings is 1. The summed E-state index contributed by atoms with van der Waals surface area (Å²) >= 11 is 1.69. The van der Waals surface area contributed by atoms with E-state index in [0.29, 0.717) is 12.5 Å². The Morgan fingerprint density at radius 2 is 2.43 bits per heavy atom. The summed E-state index contributed by atoms with van der Waals surface area (Å²) in [5.41, 5.74) is 1.27. The van der Waals surface area contributed by atoms with Gasteiger partial charge in [-0.25, -0.2) is 4.98 Å². The fourth-order valence-electron chi connectivity index (χ4n) is 3.03. The summed E-state index contributed by atoms with van der Waals surface area (Å²) in [6.45, 7) is 3.74. The summed E-state index contributed by atoms with van der Waals surface area (Å²) in [6, 6.07) is 2.48. The molecule has 1 aliphatic heterocycles. The maximum Gasteiger partial charge on any atom is 0.222 e. The quantitative estimate of drug-likeness (QED) is 0.870. The van der Waals surface area contributed by atoms with Gasteiger partial charge in [0.05, 0.1) is 6.04 Å². The van der Waals surface area contributed by atoms with Crippen LogP contribution in [0.4, 0.5) is 0 Å². The van der Waals surface area contributed by atoms with Gasteiger partial charge in [0.15, 0.2) is 0 Å². The molecule has 0 saturated carbocycles. The van der Waals surface area contributed by atoms with Gasteiger partial charge >= 0.3 is 0 Å². The van der Waals surface area contributed by atoms with Gasteiger partial charge in [-0.15, -0.1) is 0 Å². The molecule has 1 aliphatic rings. The van der Waals surface area contributed by atoms with Crippen LogP contribution in [-0.4, -0.2) is 33.4 Å². The highest BCUT2D eigenvalue weighted by Crippen LogP contribution is 2.23. The lowest BCUT2D eigenvalue weighted by molar-refractivity contribution is -0.132. The second-order valence-electron chi connectivity index (χ2n) is 5.65. The van der Waals surface area contributed by atoms with E-state index in [1.165, 1.54) is 5.56 Å². The van der Waals surface area contributed by atoms with Gasteiger partial charge < -0.3 is 9.47 Å². The second-order valence-corrected chi connectivity index (χ2v) is 6.43. The van der Waals surface area contributed by atoms with Crippen LogP contribution in [0.5, 0.6) is 0 Å². The molecule has 3 heterocycles. The molecule has 5 heteroatoms. The first kappa shape index (κ1) is 14.3. The van der Waals surface area contributed by atoms with Crippen LogP contribution in [0.25, 0.3) is 0 Å². The number of carbonyl (C=O) groups excluding carboxylic acids is 1. The lowest BCUT2D eigenvalue weighted by atomic mass is 10.0. The number of aromatic nitrogens is 2. The van der Waals surface area contributed by atoms with Crippen molar-refractivity contribution in [2.75, 3.05) is 13.1 Å². The van der Waals surface area contributed by atoms with Crippen molar-refractivity contribution in [3.05, 3.63) is 40.6 Å². The summed E-state index contributed by atoms with van der Waals surface area (Å²) in [6.07, 6.45) is 7.55. The molecule has 1 amide bonds. The number of hydrogen-bond donors (Lipinski definition) is 0. The molecule has 0 unspecified atom stereocenters. The van der Waals surface area contributed by atoms with E-state index in [2.05, 4.69) is 26.4 Å². The number of piperidine rings is 1. The Hall–Kier alpha value is -1.62. The standard InChI is InChI=1S/C16H21N3OS/c1-13-17-7-9-19(13)15-3-2-8-18(11-15)16(20)5-4-14-6-10-21-12-14/h6-7,9-10,12,15H,2-5,8,11H2,1H3/t15-/m0/s1. The average Bonchev–Trinajstić information content (AvgIpc) is 3.16. The summed E-state index contributed by atoms with van der Waals surface area (Å²) < 4.78 is 2.21. The number of rotatable bonds is 4. The lowest BCUT2D eigenvalue weighted by Crippen LogP contribution is -2.40. The number of nitrogens with zero attached hydrogens (tertiary/aromatic N) is 3. The Morgan fingerprint density at radius 3 is 3.14 bits per heavy atom. The van der Waals surface area contributed by atoms with Crippen LogP contribution in [0.1, 0.15) is 36.7 Å². The Balaban J connectivity index is 1.58. The first-order valence-electron chi connectivity index (χ1n) is 7.52. The van der Waals surface area contributed by atoms with Crippen molar-refractivity contribution in [3.63, 3.8) is 0 Å². The van der Waals surface area contributed by atoms with Crippen molar-refractivity contribution < 1.29 is 4.79 Å². The number of carbonyl (C=O) groups is 1. The summed E-state index contributed by atoms with van der Waals surface area (Å²) in [5.74, 6) is 1.32. The van der Waals surface area contributed by atoms with Crippen molar-refractivity contribution in [2.45, 2.75) is 38.6 Å². The number of hydrogen-bond acceptors (Lipinski definition) is 3. The van der Waals surface area contributed by atoms with Gasteiger partial charge in [-0.1, -0.05) is 0 Å². The zero-order valence-electron chi connectivity index (χ0n) is 12.4. The van der Waals surface area contributed by atoms with Crippen LogP contribution in [-0.2, 0) is 11.2 Å². The minimum atomic E-state index is 0.281. The van der Waals surface area contributed by atoms with Crippen molar-refractivity contribution >= 4 is 17.2 Å². The Morgan fingerprint density at radius 1 is 1.52 bits per heavy atom. The zero-order chi connectivity index (χ0) is 14.7. The molecular formula is C16H21N3OS. The molecule has 0 bridgehead atoms. The second kappa shape index (κ2) is 6.43. The Kier molecular flexibility index (Phi) is 4.39. The third-order valence-corrected chi connectivity index (χ3v) is 4.94. The van der Waals surface area contributed by atoms with Crippen molar-refractivity contribution in [3.8, 4) is 0 Å². The van der Waals surface area contributed by atoms with E-state index in [1.807, 2.05) is 24.2 Å². The minimum absolute atomic E-state index is 0.281. The molecule has 2 aromatic rings. The molecule has 112 valence electrons. The minimum Gasteiger partial charge on any atom is -0.341 e. The van der Waals surface area contributed by atoms with Gasteiger partial charge in [0.25, 0.3) is 0 Å². The van der Waals surface area contributed by atoms with Gasteiger partial charge in [-0.05, 0) is 48.6 Å². The van der Waals surface area contributed by atoms with E-state index < -0.39 is 0 Å². The lowest BCUT2D eigenvalue weighted by Gasteiger charge is -2.34. The van der Waals surface area contributed by atoms with Crippen molar-refractivity contribution in [2.24, 2.45) is 0 Å². The predicted octanol–water partition coefficient (Wildman–Crippen LogP) is 3.05. The normalized spacial score (nSPS) is 18.9. The molecule has 0 radical (unpaired) electrons. The third-order valence-electron chi connectivity index (χ3n) is 4.21. The van der Waals surface area contributed by atoms with Crippen LogP contribution in [0.3, 0.4) is 0 Å². The van der Waals surface area contributed by atoms with Gasteiger partial charge in [0, 0.05) is 31.9 Å². The van der Waals surface area contributed by atoms with Gasteiger partial charge in [-0.2, -0.15) is 11.3 Å². The highest BCUT2D eigenvalue weighted by atomic mass is 32.1. The van der Waals surface area contributed by atoms with Gasteiger partial charge in [0.1, 0.15) is 5.82 Å². The number of amides is 1. The first-order valence-corrected chi connectivity index (χ1v) is 8.46. The van der Waals surface area contributed by atoms with Crippen LogP contribution in [0, 0.1) is 6.92 Å². The summed E-state index contributed by atoms with van der Waals surface area (Å²) in [5, 5.41) is 4.19. The highest BCUT2D eigenvalue weighted by molar-refractivity contribution is 7.07. The van der Waals surface area contributed by atoms with E-state index in [9.17, 15) is 4.79 Å². The molecule has 0 aliphatic carbocycles. The SMILES string of the molecule is Cc1nccn1[C@H]1CCCN(C(=O)CCc2ccsc2)C1. The molecule has 0 aromatic carbocycles. The Bertz CT molecular complexity index is 590. The van der Waals surface area contributed by atoms with Crippen molar-refractivity contribution in [1.82, 2.24) is 14.5 Å². The molecule has 4 nitrogen and oxygen atoms in total. The fourth-order valence-corrected chi connectivity index (χ4v) is 3.73. The van der Waals surface area contributed by atoms with E-state index in [0.717, 1.165) is 38.2 Å². The number of aryl methyl sites for hydroxylation is 2. The molecule has 1 atom stereocenters. The largest absolute Gasteiger partial charge is 0.341 e. The van der Waals surface area contributed by atoms with E-state index >= 15 is 0 Å². The van der Waals surface area contributed by atoms with Gasteiger partial charge in [0.2, 0.25) is 5.91 Å². The topological polar surface area (TPSA) is 38.1 Å². The number of likely N-dealkylation sites (tertiary alicyclic amines) is 1. The molecular weight excluding hydrogens is 282 g/mol. The van der Waals surface area contributed by atoms with Crippen LogP contribution in [0.2, 0.25) is 0 Å². The maximum atomic E-state index is 12.4. The molecule has 0 spiro atoms. The molecule has 1 saturated heterocycles. The molecule has 0 N–H and O–H groups in total. The fraction of sp³-hybridized carbons (Fsp3) is 0.500. The highest BCUT2D eigenvalue weighted by Gasteiger charge is 2.25. The first-order chi connectivity index (χ1) is 10.2. The molecule has 1 fully saturated rings. The van der Waals surface area contributed by atoms with Crippen LogP contribution >= 0.6 is 11.3 Å².